The predicted molar refractivity (Wildman–Crippen MR) is 128 cm³/mol. The van der Waals surface area contributed by atoms with Crippen LogP contribution in [-0.4, -0.2) is 15.0 Å². The lowest BCUT2D eigenvalue weighted by Gasteiger charge is -2.22. The maximum absolute atomic E-state index is 13.7. The van der Waals surface area contributed by atoms with Crippen molar-refractivity contribution in [3.8, 4) is 5.69 Å². The van der Waals surface area contributed by atoms with E-state index < -0.39 is 29.0 Å². The van der Waals surface area contributed by atoms with E-state index in [4.69, 9.17) is 23.2 Å². The Morgan fingerprint density at radius 2 is 1.73 bits per heavy atom. The van der Waals surface area contributed by atoms with Crippen LogP contribution < -0.4 is 16.6 Å². The first kappa shape index (κ1) is 22.8. The van der Waals surface area contributed by atoms with Crippen LogP contribution >= 0.6 is 23.2 Å². The van der Waals surface area contributed by atoms with Gasteiger partial charge in [0.25, 0.3) is 5.56 Å². The molecule has 1 aromatic heterocycles. The number of anilines is 1. The van der Waals surface area contributed by atoms with E-state index in [1.165, 1.54) is 47.0 Å². The van der Waals surface area contributed by atoms with E-state index in [1.54, 1.807) is 31.2 Å². The summed E-state index contributed by atoms with van der Waals surface area (Å²) in [4.78, 5) is 40.1. The van der Waals surface area contributed by atoms with Crippen molar-refractivity contribution in [1.29, 1.82) is 0 Å². The van der Waals surface area contributed by atoms with Gasteiger partial charge in [0.1, 0.15) is 11.9 Å². The van der Waals surface area contributed by atoms with Gasteiger partial charge in [-0.05, 0) is 61.0 Å². The number of nitrogens with one attached hydrogen (secondary N) is 1. The standard InChI is InChI=1S/C24H18Cl2FN3O3/c1-2-19(22(31)28-16-10-8-15(27)9-11-16)29-21-13-14(25)7-12-17(21)23(32)30(24(29)33)20-6-4-3-5-18(20)26/h3-13,19H,2H2,1H3,(H,28,31). The molecular formula is C24H18Cl2FN3O3. The summed E-state index contributed by atoms with van der Waals surface area (Å²) in [6.07, 6.45) is 0.231. The van der Waals surface area contributed by atoms with Gasteiger partial charge in [0, 0.05) is 10.7 Å². The third-order valence-electron chi connectivity index (χ3n) is 5.26. The molecule has 0 bridgehead atoms. The molecule has 1 unspecified atom stereocenters. The Kier molecular flexibility index (Phi) is 6.35. The van der Waals surface area contributed by atoms with Gasteiger partial charge in [0.2, 0.25) is 5.91 Å². The van der Waals surface area contributed by atoms with Crippen LogP contribution in [0.15, 0.2) is 76.3 Å². The second-order valence-electron chi connectivity index (χ2n) is 7.33. The van der Waals surface area contributed by atoms with Gasteiger partial charge < -0.3 is 5.32 Å². The van der Waals surface area contributed by atoms with E-state index >= 15 is 0 Å². The van der Waals surface area contributed by atoms with Crippen molar-refractivity contribution < 1.29 is 9.18 Å². The number of halogens is 3. The number of carbonyl (C=O) groups excluding carboxylic acids is 1. The van der Waals surface area contributed by atoms with E-state index in [0.717, 1.165) is 4.57 Å². The molecule has 0 aliphatic heterocycles. The molecule has 0 radical (unpaired) electrons. The van der Waals surface area contributed by atoms with Crippen molar-refractivity contribution in [2.45, 2.75) is 19.4 Å². The van der Waals surface area contributed by atoms with Crippen LogP contribution in [0.2, 0.25) is 10.0 Å². The Morgan fingerprint density at radius 3 is 2.39 bits per heavy atom. The van der Waals surface area contributed by atoms with Crippen LogP contribution in [0.5, 0.6) is 0 Å². The Bertz CT molecular complexity index is 1480. The molecule has 4 aromatic rings. The van der Waals surface area contributed by atoms with Crippen LogP contribution in [0.25, 0.3) is 16.6 Å². The number of amides is 1. The molecule has 1 atom stereocenters. The zero-order valence-electron chi connectivity index (χ0n) is 17.4. The Labute approximate surface area is 197 Å². The number of hydrogen-bond donors (Lipinski definition) is 1. The number of aromatic nitrogens is 2. The van der Waals surface area contributed by atoms with Crippen LogP contribution in [0.4, 0.5) is 10.1 Å². The SMILES string of the molecule is CCC(C(=O)Nc1ccc(F)cc1)n1c(=O)n(-c2ccccc2Cl)c(=O)c2ccc(Cl)cc21. The fourth-order valence-electron chi connectivity index (χ4n) is 3.69. The summed E-state index contributed by atoms with van der Waals surface area (Å²) in [6, 6.07) is 15.3. The monoisotopic (exact) mass is 485 g/mol. The highest BCUT2D eigenvalue weighted by Crippen LogP contribution is 2.24. The third-order valence-corrected chi connectivity index (χ3v) is 5.81. The topological polar surface area (TPSA) is 73.1 Å². The molecule has 9 heteroatoms. The van der Waals surface area contributed by atoms with Crippen molar-refractivity contribution in [3.63, 3.8) is 0 Å². The number of hydrogen-bond acceptors (Lipinski definition) is 3. The van der Waals surface area contributed by atoms with Gasteiger partial charge in [-0.15, -0.1) is 0 Å². The smallest absolute Gasteiger partial charge is 0.324 e. The number of para-hydroxylation sites is 1. The average molecular weight is 486 g/mol. The molecule has 33 heavy (non-hydrogen) atoms. The maximum Gasteiger partial charge on any atom is 0.336 e. The van der Waals surface area contributed by atoms with Crippen molar-refractivity contribution >= 4 is 45.7 Å². The minimum Gasteiger partial charge on any atom is -0.324 e. The molecule has 4 rings (SSSR count). The van der Waals surface area contributed by atoms with E-state index in [1.807, 2.05) is 0 Å². The lowest BCUT2D eigenvalue weighted by molar-refractivity contribution is -0.119. The number of carbonyl (C=O) groups is 1. The van der Waals surface area contributed by atoms with Crippen molar-refractivity contribution in [1.82, 2.24) is 9.13 Å². The Morgan fingerprint density at radius 1 is 1.03 bits per heavy atom. The number of nitrogens with zero attached hydrogens (tertiary/aromatic N) is 2. The van der Waals surface area contributed by atoms with Gasteiger partial charge in [0.15, 0.2) is 0 Å². The van der Waals surface area contributed by atoms with Crippen molar-refractivity contribution in [2.75, 3.05) is 5.32 Å². The average Bonchev–Trinajstić information content (AvgIpc) is 2.79. The fraction of sp³-hybridized carbons (Fsp3) is 0.125. The first-order valence-corrected chi connectivity index (χ1v) is 10.9. The van der Waals surface area contributed by atoms with Crippen LogP contribution in [0.3, 0.4) is 0 Å². The molecule has 6 nitrogen and oxygen atoms in total. The lowest BCUT2D eigenvalue weighted by atomic mass is 10.1. The number of fused-ring (bicyclic) bond motifs is 1. The zero-order valence-corrected chi connectivity index (χ0v) is 18.9. The first-order chi connectivity index (χ1) is 15.8. The summed E-state index contributed by atoms with van der Waals surface area (Å²) in [5.41, 5.74) is -0.515. The Hall–Kier alpha value is -3.42. The molecule has 0 aliphatic rings. The molecule has 0 spiro atoms. The van der Waals surface area contributed by atoms with Crippen LogP contribution in [0.1, 0.15) is 19.4 Å². The van der Waals surface area contributed by atoms with Crippen molar-refractivity contribution in [3.05, 3.63) is 103 Å². The highest BCUT2D eigenvalue weighted by Gasteiger charge is 2.26. The van der Waals surface area contributed by atoms with E-state index in [2.05, 4.69) is 5.32 Å². The van der Waals surface area contributed by atoms with E-state index in [-0.39, 0.29) is 28.0 Å². The van der Waals surface area contributed by atoms with E-state index in [0.29, 0.717) is 10.7 Å². The summed E-state index contributed by atoms with van der Waals surface area (Å²) >= 11 is 12.5. The largest absolute Gasteiger partial charge is 0.336 e. The van der Waals surface area contributed by atoms with Gasteiger partial charge in [0.05, 0.1) is 21.6 Å². The summed E-state index contributed by atoms with van der Waals surface area (Å²) in [6.45, 7) is 1.74. The van der Waals surface area contributed by atoms with Gasteiger partial charge in [-0.25, -0.2) is 13.8 Å². The molecule has 0 aliphatic carbocycles. The maximum atomic E-state index is 13.7. The highest BCUT2D eigenvalue weighted by molar-refractivity contribution is 6.32. The minimum atomic E-state index is -0.988. The fourth-order valence-corrected chi connectivity index (χ4v) is 4.08. The molecule has 1 N–H and O–H groups in total. The number of benzene rings is 3. The second-order valence-corrected chi connectivity index (χ2v) is 8.17. The minimum absolute atomic E-state index is 0.201. The van der Waals surface area contributed by atoms with Crippen LogP contribution in [0, 0.1) is 5.82 Å². The molecule has 1 amide bonds. The first-order valence-electron chi connectivity index (χ1n) is 10.1. The van der Waals surface area contributed by atoms with Gasteiger partial charge >= 0.3 is 5.69 Å². The highest BCUT2D eigenvalue weighted by atomic mass is 35.5. The van der Waals surface area contributed by atoms with E-state index in [9.17, 15) is 18.8 Å². The quantitative estimate of drug-likeness (QED) is 0.422. The lowest BCUT2D eigenvalue weighted by Crippen LogP contribution is -2.43. The molecule has 168 valence electrons. The van der Waals surface area contributed by atoms with Gasteiger partial charge in [-0.3, -0.25) is 14.2 Å². The molecule has 3 aromatic carbocycles. The zero-order chi connectivity index (χ0) is 23.7. The molecule has 0 saturated carbocycles. The molecular weight excluding hydrogens is 468 g/mol. The third kappa shape index (κ3) is 4.29. The Balaban J connectivity index is 1.96. The number of rotatable bonds is 5. The van der Waals surface area contributed by atoms with Gasteiger partial charge in [-0.1, -0.05) is 42.3 Å². The summed E-state index contributed by atoms with van der Waals surface area (Å²) in [5.74, 6) is -0.944. The summed E-state index contributed by atoms with van der Waals surface area (Å²) in [5, 5.41) is 3.41. The van der Waals surface area contributed by atoms with Crippen molar-refractivity contribution in [2.24, 2.45) is 0 Å². The normalized spacial score (nSPS) is 12.0. The second kappa shape index (κ2) is 9.21. The molecule has 0 saturated heterocycles. The molecule has 0 fully saturated rings. The molecule has 1 heterocycles. The summed E-state index contributed by atoms with van der Waals surface area (Å²) in [7, 11) is 0. The van der Waals surface area contributed by atoms with Gasteiger partial charge in [-0.2, -0.15) is 0 Å². The van der Waals surface area contributed by atoms with Crippen LogP contribution in [-0.2, 0) is 4.79 Å². The summed E-state index contributed by atoms with van der Waals surface area (Å²) < 4.78 is 15.4. The predicted octanol–water partition coefficient (Wildman–Crippen LogP) is 5.19.